The number of imide groups is 1. The zero-order valence-corrected chi connectivity index (χ0v) is 13.8. The van der Waals surface area contributed by atoms with Gasteiger partial charge in [-0.1, -0.05) is 23.7 Å². The van der Waals surface area contributed by atoms with Gasteiger partial charge in [-0.15, -0.1) is 0 Å². The molecular weight excluding hydrogens is 350 g/mol. The van der Waals surface area contributed by atoms with Crippen LogP contribution < -0.4 is 0 Å². The number of amides is 2. The number of thioether (sulfide) groups is 1. The van der Waals surface area contributed by atoms with E-state index in [-0.39, 0.29) is 28.2 Å². The summed E-state index contributed by atoms with van der Waals surface area (Å²) in [6.07, 6.45) is 1.43. The lowest BCUT2D eigenvalue weighted by molar-refractivity contribution is -0.123. The Hall–Kier alpha value is -2.44. The molecule has 0 atom stereocenters. The number of carbonyl (C=O) groups is 2. The summed E-state index contributed by atoms with van der Waals surface area (Å²) in [6.45, 7) is 0.129. The van der Waals surface area contributed by atoms with Crippen molar-refractivity contribution in [1.29, 1.82) is 0 Å². The molecule has 7 heteroatoms. The summed E-state index contributed by atoms with van der Waals surface area (Å²) >= 11 is 6.72. The molecule has 1 fully saturated rings. The molecule has 24 heavy (non-hydrogen) atoms. The molecule has 1 aliphatic heterocycles. The van der Waals surface area contributed by atoms with E-state index in [0.29, 0.717) is 10.6 Å². The number of halogens is 1. The Morgan fingerprint density at radius 1 is 1.12 bits per heavy atom. The number of phenols is 2. The molecule has 0 unspecified atom stereocenters. The highest BCUT2D eigenvalue weighted by atomic mass is 35.5. The molecule has 122 valence electrons. The predicted octanol–water partition coefficient (Wildman–Crippen LogP) is 3.99. The minimum atomic E-state index is -0.433. The first-order valence-corrected chi connectivity index (χ1v) is 8.15. The van der Waals surface area contributed by atoms with Crippen molar-refractivity contribution in [3.05, 3.63) is 63.5 Å². The maximum absolute atomic E-state index is 12.4. The number of hydrogen-bond acceptors (Lipinski definition) is 5. The normalized spacial score (nSPS) is 16.2. The van der Waals surface area contributed by atoms with Gasteiger partial charge >= 0.3 is 0 Å². The molecule has 5 nitrogen and oxygen atoms in total. The van der Waals surface area contributed by atoms with Gasteiger partial charge in [0.25, 0.3) is 11.1 Å². The molecule has 0 aliphatic carbocycles. The lowest BCUT2D eigenvalue weighted by Crippen LogP contribution is -2.27. The second kappa shape index (κ2) is 6.59. The van der Waals surface area contributed by atoms with Crippen molar-refractivity contribution in [2.45, 2.75) is 6.54 Å². The molecule has 0 radical (unpaired) electrons. The van der Waals surface area contributed by atoms with Crippen molar-refractivity contribution in [3.8, 4) is 11.5 Å². The predicted molar refractivity (Wildman–Crippen MR) is 92.7 cm³/mol. The average molecular weight is 362 g/mol. The third kappa shape index (κ3) is 3.39. The van der Waals surface area contributed by atoms with E-state index in [1.807, 2.05) is 0 Å². The van der Waals surface area contributed by atoms with E-state index in [1.165, 1.54) is 24.3 Å². The Morgan fingerprint density at radius 2 is 1.92 bits per heavy atom. The lowest BCUT2D eigenvalue weighted by Gasteiger charge is -2.12. The van der Waals surface area contributed by atoms with Crippen LogP contribution in [-0.4, -0.2) is 26.3 Å². The van der Waals surface area contributed by atoms with Crippen LogP contribution in [0.3, 0.4) is 0 Å². The molecule has 0 aromatic heterocycles. The van der Waals surface area contributed by atoms with E-state index in [2.05, 4.69) is 0 Å². The first kappa shape index (κ1) is 16.4. The topological polar surface area (TPSA) is 77.8 Å². The Bertz CT molecular complexity index is 865. The third-order valence-electron chi connectivity index (χ3n) is 3.40. The Kier molecular flexibility index (Phi) is 4.51. The van der Waals surface area contributed by atoms with Crippen molar-refractivity contribution in [3.63, 3.8) is 0 Å². The highest BCUT2D eigenvalue weighted by Gasteiger charge is 2.35. The SMILES string of the molecule is O=C1S/C(=C\c2ccc(O)cc2O)C(=O)N1Cc1cccc(Cl)c1. The molecule has 0 saturated carbocycles. The van der Waals surface area contributed by atoms with Crippen LogP contribution in [0.4, 0.5) is 4.79 Å². The zero-order valence-electron chi connectivity index (χ0n) is 12.3. The smallest absolute Gasteiger partial charge is 0.293 e. The van der Waals surface area contributed by atoms with Crippen molar-refractivity contribution < 1.29 is 19.8 Å². The summed E-state index contributed by atoms with van der Waals surface area (Å²) < 4.78 is 0. The Balaban J connectivity index is 1.84. The van der Waals surface area contributed by atoms with Gasteiger partial charge in [-0.25, -0.2) is 0 Å². The monoisotopic (exact) mass is 361 g/mol. The maximum atomic E-state index is 12.4. The van der Waals surface area contributed by atoms with Gasteiger partial charge in [0.05, 0.1) is 11.4 Å². The molecule has 0 bridgehead atoms. The quantitative estimate of drug-likeness (QED) is 0.808. The average Bonchev–Trinajstić information content (AvgIpc) is 2.78. The van der Waals surface area contributed by atoms with Gasteiger partial charge in [0.1, 0.15) is 11.5 Å². The van der Waals surface area contributed by atoms with Crippen LogP contribution in [0.5, 0.6) is 11.5 Å². The number of hydrogen-bond donors (Lipinski definition) is 2. The maximum Gasteiger partial charge on any atom is 0.293 e. The molecule has 2 aromatic carbocycles. The minimum Gasteiger partial charge on any atom is -0.508 e. The van der Waals surface area contributed by atoms with E-state index in [9.17, 15) is 19.8 Å². The molecule has 2 aromatic rings. The van der Waals surface area contributed by atoms with Crippen LogP contribution in [-0.2, 0) is 11.3 Å². The number of aromatic hydroxyl groups is 2. The fourth-order valence-electron chi connectivity index (χ4n) is 2.25. The number of carbonyl (C=O) groups excluding carboxylic acids is 2. The van der Waals surface area contributed by atoms with Crippen LogP contribution in [0.25, 0.3) is 6.08 Å². The molecule has 1 aliphatic rings. The highest BCUT2D eigenvalue weighted by Crippen LogP contribution is 2.35. The number of rotatable bonds is 3. The van der Waals surface area contributed by atoms with E-state index in [0.717, 1.165) is 22.2 Å². The molecule has 1 heterocycles. The van der Waals surface area contributed by atoms with Crippen molar-refractivity contribution in [2.75, 3.05) is 0 Å². The minimum absolute atomic E-state index is 0.0845. The van der Waals surface area contributed by atoms with Gasteiger partial charge in [-0.2, -0.15) is 0 Å². The van der Waals surface area contributed by atoms with E-state index in [4.69, 9.17) is 11.6 Å². The summed E-state index contributed by atoms with van der Waals surface area (Å²) in [5, 5.41) is 19.2. The number of nitrogens with zero attached hydrogens (tertiary/aromatic N) is 1. The molecule has 2 N–H and O–H groups in total. The molecule has 1 saturated heterocycles. The highest BCUT2D eigenvalue weighted by molar-refractivity contribution is 8.18. The summed E-state index contributed by atoms with van der Waals surface area (Å²) in [7, 11) is 0. The Labute approximate surface area is 147 Å². The van der Waals surface area contributed by atoms with Crippen LogP contribution in [0.2, 0.25) is 5.02 Å². The number of phenolic OH excluding ortho intramolecular Hbond substituents is 2. The third-order valence-corrected chi connectivity index (χ3v) is 4.55. The molecular formula is C17H12ClNO4S. The van der Waals surface area contributed by atoms with E-state index >= 15 is 0 Å². The summed E-state index contributed by atoms with van der Waals surface area (Å²) in [5.74, 6) is -0.687. The Morgan fingerprint density at radius 3 is 2.62 bits per heavy atom. The standard InChI is InChI=1S/C17H12ClNO4S/c18-12-3-1-2-10(6-12)9-19-16(22)15(24-17(19)23)7-11-4-5-13(20)8-14(11)21/h1-8,20-21H,9H2/b15-7-. The van der Waals surface area contributed by atoms with Crippen molar-refractivity contribution in [1.82, 2.24) is 4.90 Å². The van der Waals surface area contributed by atoms with Gasteiger partial charge in [-0.05, 0) is 47.7 Å². The second-order valence-corrected chi connectivity index (χ2v) is 6.57. The van der Waals surface area contributed by atoms with Gasteiger partial charge in [0.2, 0.25) is 0 Å². The first-order chi connectivity index (χ1) is 11.4. The largest absolute Gasteiger partial charge is 0.508 e. The molecule has 3 rings (SSSR count). The van der Waals surface area contributed by atoms with Gasteiger partial charge in [-0.3, -0.25) is 14.5 Å². The number of benzene rings is 2. The second-order valence-electron chi connectivity index (χ2n) is 5.14. The molecule has 0 spiro atoms. The summed E-state index contributed by atoms with van der Waals surface area (Å²) in [5.41, 5.74) is 1.10. The zero-order chi connectivity index (χ0) is 17.3. The van der Waals surface area contributed by atoms with Crippen molar-refractivity contribution >= 4 is 40.6 Å². The first-order valence-electron chi connectivity index (χ1n) is 6.96. The van der Waals surface area contributed by atoms with E-state index < -0.39 is 5.91 Å². The van der Waals surface area contributed by atoms with Crippen LogP contribution in [0.15, 0.2) is 47.4 Å². The molecule has 2 amide bonds. The van der Waals surface area contributed by atoms with Crippen LogP contribution >= 0.6 is 23.4 Å². The summed E-state index contributed by atoms with van der Waals surface area (Å²) in [4.78, 5) is 25.9. The van der Waals surface area contributed by atoms with E-state index in [1.54, 1.807) is 24.3 Å². The summed E-state index contributed by atoms with van der Waals surface area (Å²) in [6, 6.07) is 11.0. The van der Waals surface area contributed by atoms with Crippen molar-refractivity contribution in [2.24, 2.45) is 0 Å². The van der Waals surface area contributed by atoms with Gasteiger partial charge in [0.15, 0.2) is 0 Å². The van der Waals surface area contributed by atoms with Gasteiger partial charge < -0.3 is 10.2 Å². The lowest BCUT2D eigenvalue weighted by atomic mass is 10.1. The van der Waals surface area contributed by atoms with Crippen LogP contribution in [0, 0.1) is 0 Å². The van der Waals surface area contributed by atoms with Gasteiger partial charge in [0, 0.05) is 16.7 Å². The van der Waals surface area contributed by atoms with Crippen LogP contribution in [0.1, 0.15) is 11.1 Å². The fraction of sp³-hybridized carbons (Fsp3) is 0.0588. The fourth-order valence-corrected chi connectivity index (χ4v) is 3.29.